The Morgan fingerprint density at radius 2 is 1.84 bits per heavy atom. The van der Waals surface area contributed by atoms with E-state index in [9.17, 15) is 8.42 Å². The molecule has 1 aliphatic heterocycles. The molecule has 0 radical (unpaired) electrons. The third kappa shape index (κ3) is 1.46. The van der Waals surface area contributed by atoms with Crippen molar-refractivity contribution in [3.05, 3.63) is 41.5 Å². The Hall–Kier alpha value is -1.29. The van der Waals surface area contributed by atoms with Crippen molar-refractivity contribution in [2.75, 3.05) is 4.31 Å². The van der Waals surface area contributed by atoms with Gasteiger partial charge in [-0.3, -0.25) is 4.31 Å². The third-order valence-corrected chi connectivity index (χ3v) is 6.84. The van der Waals surface area contributed by atoms with Crippen LogP contribution in [0.15, 0.2) is 30.4 Å². The van der Waals surface area contributed by atoms with Crippen molar-refractivity contribution in [3.8, 4) is 0 Å². The van der Waals surface area contributed by atoms with Crippen LogP contribution >= 0.6 is 0 Å². The number of allylic oxidation sites excluding steroid dienone is 2. The summed E-state index contributed by atoms with van der Waals surface area (Å²) in [5, 5.41) is 0. The molecule has 1 heterocycles. The van der Waals surface area contributed by atoms with Crippen molar-refractivity contribution in [2.45, 2.75) is 44.4 Å². The highest BCUT2D eigenvalue weighted by Gasteiger charge is 2.56. The summed E-state index contributed by atoms with van der Waals surface area (Å²) in [5.41, 5.74) is 2.96. The van der Waals surface area contributed by atoms with Crippen LogP contribution in [0, 0.1) is 6.92 Å². The highest BCUT2D eigenvalue weighted by atomic mass is 32.2. The van der Waals surface area contributed by atoms with Gasteiger partial charge in [0.05, 0.1) is 5.69 Å². The molecule has 0 fully saturated rings. The van der Waals surface area contributed by atoms with Crippen molar-refractivity contribution in [3.63, 3.8) is 0 Å². The maximum absolute atomic E-state index is 13.0. The highest BCUT2D eigenvalue weighted by molar-refractivity contribution is 7.94. The summed E-state index contributed by atoms with van der Waals surface area (Å²) in [5.74, 6) is 0. The van der Waals surface area contributed by atoms with Gasteiger partial charge in [0.2, 0.25) is 10.0 Å². The topological polar surface area (TPSA) is 37.4 Å². The largest absolute Gasteiger partial charge is 0.267 e. The second-order valence-corrected chi connectivity index (χ2v) is 7.91. The lowest BCUT2D eigenvalue weighted by Gasteiger charge is -2.28. The van der Waals surface area contributed by atoms with Gasteiger partial charge in [-0.25, -0.2) is 8.42 Å². The Morgan fingerprint density at radius 1 is 1.21 bits per heavy atom. The zero-order chi connectivity index (χ0) is 13.8. The summed E-state index contributed by atoms with van der Waals surface area (Å²) < 4.78 is 26.9. The first-order valence-corrected chi connectivity index (χ1v) is 8.14. The molecule has 1 aliphatic carbocycles. The van der Waals surface area contributed by atoms with Gasteiger partial charge in [-0.15, -0.1) is 0 Å². The van der Waals surface area contributed by atoms with Crippen molar-refractivity contribution < 1.29 is 8.42 Å². The molecule has 0 aromatic heterocycles. The number of rotatable bonds is 1. The van der Waals surface area contributed by atoms with Gasteiger partial charge in [0, 0.05) is 11.6 Å². The van der Waals surface area contributed by atoms with E-state index in [0.29, 0.717) is 12.8 Å². The third-order valence-electron chi connectivity index (χ3n) is 4.16. The molecule has 0 amide bonds. The number of nitrogens with zero attached hydrogens (tertiary/aromatic N) is 1. The van der Waals surface area contributed by atoms with Gasteiger partial charge in [-0.2, -0.15) is 0 Å². The molecule has 1 aromatic carbocycles. The average Bonchev–Trinajstić information content (AvgIpc) is 2.86. The Morgan fingerprint density at radius 3 is 2.42 bits per heavy atom. The predicted octanol–water partition coefficient (Wildman–Crippen LogP) is 3.10. The second kappa shape index (κ2) is 3.85. The molecular formula is C15H19NO2S. The van der Waals surface area contributed by atoms with E-state index in [-0.39, 0.29) is 6.04 Å². The number of fused-ring (bicyclic) bond motifs is 2. The fourth-order valence-corrected chi connectivity index (χ4v) is 5.69. The van der Waals surface area contributed by atoms with E-state index in [4.69, 9.17) is 0 Å². The predicted molar refractivity (Wildman–Crippen MR) is 77.8 cm³/mol. The smallest absolute Gasteiger partial charge is 0.246 e. The summed E-state index contributed by atoms with van der Waals surface area (Å²) in [4.78, 5) is 0. The SMILES string of the molecule is Cc1ccc2c(c1)C1(CC=CC1)S(=O)(=O)N2C(C)C. The molecule has 1 aromatic rings. The molecule has 4 heteroatoms. The monoisotopic (exact) mass is 277 g/mol. The number of hydrogen-bond acceptors (Lipinski definition) is 2. The van der Waals surface area contributed by atoms with E-state index in [2.05, 4.69) is 0 Å². The molecule has 0 atom stereocenters. The first-order valence-electron chi connectivity index (χ1n) is 6.70. The fourth-order valence-electron chi connectivity index (χ4n) is 3.28. The molecule has 0 bridgehead atoms. The van der Waals surface area contributed by atoms with E-state index in [1.165, 1.54) is 0 Å². The number of aryl methyl sites for hydroxylation is 1. The second-order valence-electron chi connectivity index (χ2n) is 5.79. The molecule has 3 rings (SSSR count). The zero-order valence-electron chi connectivity index (χ0n) is 11.6. The summed E-state index contributed by atoms with van der Waals surface area (Å²) in [6.07, 6.45) is 5.17. The van der Waals surface area contributed by atoms with Crippen LogP contribution in [0.4, 0.5) is 5.69 Å². The molecule has 0 saturated carbocycles. The molecule has 3 nitrogen and oxygen atoms in total. The van der Waals surface area contributed by atoms with Crippen LogP contribution in [0.1, 0.15) is 37.8 Å². The Bertz CT molecular complexity index is 651. The number of hydrogen-bond donors (Lipinski definition) is 0. The lowest BCUT2D eigenvalue weighted by molar-refractivity contribution is 0.535. The maximum Gasteiger partial charge on any atom is 0.246 e. The van der Waals surface area contributed by atoms with E-state index in [1.54, 1.807) is 4.31 Å². The number of anilines is 1. The summed E-state index contributed by atoms with van der Waals surface area (Å²) >= 11 is 0. The van der Waals surface area contributed by atoms with Crippen molar-refractivity contribution in [1.29, 1.82) is 0 Å². The van der Waals surface area contributed by atoms with Gasteiger partial charge in [0.25, 0.3) is 0 Å². The van der Waals surface area contributed by atoms with Gasteiger partial charge in [-0.1, -0.05) is 29.8 Å². The van der Waals surface area contributed by atoms with Crippen LogP contribution in [0.25, 0.3) is 0 Å². The molecule has 19 heavy (non-hydrogen) atoms. The molecule has 0 N–H and O–H groups in total. The lowest BCUT2D eigenvalue weighted by Crippen LogP contribution is -2.41. The van der Waals surface area contributed by atoms with Crippen LogP contribution in [0.3, 0.4) is 0 Å². The van der Waals surface area contributed by atoms with Crippen LogP contribution in [0.5, 0.6) is 0 Å². The van der Waals surface area contributed by atoms with Gasteiger partial charge in [0.1, 0.15) is 4.75 Å². The van der Waals surface area contributed by atoms with Crippen LogP contribution < -0.4 is 4.31 Å². The Balaban J connectivity index is 2.32. The quantitative estimate of drug-likeness (QED) is 0.740. The summed E-state index contributed by atoms with van der Waals surface area (Å²) in [6.45, 7) is 5.88. The first kappa shape index (κ1) is 12.7. The molecule has 0 saturated heterocycles. The number of sulfonamides is 1. The fraction of sp³-hybridized carbons (Fsp3) is 0.467. The minimum absolute atomic E-state index is 0.0496. The summed E-state index contributed by atoms with van der Waals surface area (Å²) in [7, 11) is -3.33. The molecular weight excluding hydrogens is 258 g/mol. The lowest BCUT2D eigenvalue weighted by atomic mass is 9.92. The molecule has 2 aliphatic rings. The van der Waals surface area contributed by atoms with E-state index < -0.39 is 14.8 Å². The first-order chi connectivity index (χ1) is 8.90. The van der Waals surface area contributed by atoms with E-state index in [1.807, 2.05) is 51.1 Å². The van der Waals surface area contributed by atoms with Crippen LogP contribution in [-0.4, -0.2) is 14.5 Å². The number of benzene rings is 1. The van der Waals surface area contributed by atoms with Crippen molar-refractivity contribution >= 4 is 15.7 Å². The van der Waals surface area contributed by atoms with E-state index in [0.717, 1.165) is 16.8 Å². The van der Waals surface area contributed by atoms with E-state index >= 15 is 0 Å². The Labute approximate surface area is 115 Å². The maximum atomic E-state index is 13.0. The van der Waals surface area contributed by atoms with Gasteiger partial charge >= 0.3 is 0 Å². The summed E-state index contributed by atoms with van der Waals surface area (Å²) in [6, 6.07) is 5.94. The van der Waals surface area contributed by atoms with Gasteiger partial charge < -0.3 is 0 Å². The molecule has 0 unspecified atom stereocenters. The minimum Gasteiger partial charge on any atom is -0.267 e. The van der Waals surface area contributed by atoms with Crippen molar-refractivity contribution in [2.24, 2.45) is 0 Å². The zero-order valence-corrected chi connectivity index (χ0v) is 12.4. The van der Waals surface area contributed by atoms with Gasteiger partial charge in [-0.05, 0) is 39.7 Å². The van der Waals surface area contributed by atoms with Crippen molar-refractivity contribution in [1.82, 2.24) is 0 Å². The standard InChI is InChI=1S/C15H19NO2S/c1-11(2)16-14-7-6-12(3)10-13(14)15(19(16,17)18)8-4-5-9-15/h4-7,10-11H,8-9H2,1-3H3. The minimum atomic E-state index is -3.33. The van der Waals surface area contributed by atoms with Crippen LogP contribution in [0.2, 0.25) is 0 Å². The average molecular weight is 277 g/mol. The molecule has 1 spiro atoms. The Kier molecular flexibility index (Phi) is 2.58. The normalized spacial score (nSPS) is 22.4. The van der Waals surface area contributed by atoms with Crippen LogP contribution in [-0.2, 0) is 14.8 Å². The highest BCUT2D eigenvalue weighted by Crippen LogP contribution is 2.54. The van der Waals surface area contributed by atoms with Gasteiger partial charge in [0.15, 0.2) is 0 Å². The molecule has 102 valence electrons.